The molecule has 4 aromatic rings. The molecule has 0 unspecified atom stereocenters. The predicted molar refractivity (Wildman–Crippen MR) is 110 cm³/mol. The Morgan fingerprint density at radius 2 is 0.486 bits per heavy atom. The first-order valence-corrected chi connectivity index (χ1v) is 10.0. The van der Waals surface area contributed by atoms with E-state index in [-0.39, 0.29) is 48.5 Å². The molecule has 37 heavy (non-hydrogen) atoms. The number of halogens is 12. The molecular formula is C24H8BF12-. The molecule has 0 fully saturated rings. The first-order valence-electron chi connectivity index (χ1n) is 10.0. The van der Waals surface area contributed by atoms with Crippen LogP contribution in [0.2, 0.25) is 0 Å². The van der Waals surface area contributed by atoms with Gasteiger partial charge >= 0.3 is 0 Å². The molecule has 0 bridgehead atoms. The SMILES string of the molecule is Fc1cc(F)c(F)c([B-](c2cc(F)cc(F)c2F)(c2cc(F)cc(F)c2F)c2cc(F)cc(F)c2F)c1. The lowest BCUT2D eigenvalue weighted by Gasteiger charge is -2.44. The Balaban J connectivity index is 2.45. The maximum Gasteiger partial charge on any atom is 0.158 e. The van der Waals surface area contributed by atoms with Gasteiger partial charge in [-0.15, -0.1) is 0 Å². The number of hydrogen-bond donors (Lipinski definition) is 0. The van der Waals surface area contributed by atoms with Crippen LogP contribution in [0.15, 0.2) is 48.5 Å². The molecule has 0 heterocycles. The average Bonchev–Trinajstić information content (AvgIpc) is 2.80. The van der Waals surface area contributed by atoms with Crippen LogP contribution in [0.4, 0.5) is 52.7 Å². The van der Waals surface area contributed by atoms with Crippen molar-refractivity contribution < 1.29 is 52.7 Å². The van der Waals surface area contributed by atoms with Crippen LogP contribution in [0.5, 0.6) is 0 Å². The smallest absolute Gasteiger partial charge is 0.158 e. The van der Waals surface area contributed by atoms with Gasteiger partial charge in [-0.2, -0.15) is 21.9 Å². The fourth-order valence-corrected chi connectivity index (χ4v) is 4.57. The minimum atomic E-state index is -4.89. The van der Waals surface area contributed by atoms with Gasteiger partial charge in [0.25, 0.3) is 0 Å². The van der Waals surface area contributed by atoms with Crippen molar-refractivity contribution in [1.29, 1.82) is 0 Å². The zero-order chi connectivity index (χ0) is 27.4. The van der Waals surface area contributed by atoms with E-state index in [9.17, 15) is 35.1 Å². The molecule has 0 aliphatic heterocycles. The summed E-state index contributed by atoms with van der Waals surface area (Å²) in [5.74, 6) is -24.2. The summed E-state index contributed by atoms with van der Waals surface area (Å²) in [7, 11) is 0. The fourth-order valence-electron chi connectivity index (χ4n) is 4.57. The summed E-state index contributed by atoms with van der Waals surface area (Å²) in [5.41, 5.74) is -6.69. The second kappa shape index (κ2) is 9.20. The molecule has 0 saturated carbocycles. The Labute approximate surface area is 199 Å². The molecule has 0 atom stereocenters. The summed E-state index contributed by atoms with van der Waals surface area (Å²) in [4.78, 5) is 0. The monoisotopic (exact) mass is 535 g/mol. The first kappa shape index (κ1) is 26.2. The van der Waals surface area contributed by atoms with E-state index in [0.717, 1.165) is 0 Å². The third-order valence-electron chi connectivity index (χ3n) is 5.95. The highest BCUT2D eigenvalue weighted by Crippen LogP contribution is 2.22. The van der Waals surface area contributed by atoms with Crippen molar-refractivity contribution in [1.82, 2.24) is 0 Å². The van der Waals surface area contributed by atoms with E-state index >= 15 is 17.6 Å². The Bertz CT molecular complexity index is 1330. The van der Waals surface area contributed by atoms with Gasteiger partial charge in [0, 0.05) is 24.3 Å². The quantitative estimate of drug-likeness (QED) is 0.202. The van der Waals surface area contributed by atoms with Gasteiger partial charge in [0.1, 0.15) is 52.7 Å². The largest absolute Gasteiger partial charge is 0.207 e. The topological polar surface area (TPSA) is 0 Å². The summed E-state index contributed by atoms with van der Waals surface area (Å²) >= 11 is 0. The standard InChI is InChI=1S/C24H8BF12/c26-9-1-13(21(34)17(30)5-9)25(14-2-10(27)6-18(31)22(14)35,15-3-11(28)7-19(32)23(15)36)16-4-12(29)8-20(33)24(16)37/h1-8H/q-1. The Hall–Kier alpha value is -3.90. The summed E-state index contributed by atoms with van der Waals surface area (Å²) in [5, 5.41) is 0. The second-order valence-corrected chi connectivity index (χ2v) is 8.03. The van der Waals surface area contributed by atoms with Crippen LogP contribution < -0.4 is 21.9 Å². The number of benzene rings is 4. The molecule has 4 rings (SSSR count). The van der Waals surface area contributed by atoms with E-state index in [1.807, 2.05) is 0 Å². The van der Waals surface area contributed by atoms with Crippen LogP contribution in [0.1, 0.15) is 0 Å². The van der Waals surface area contributed by atoms with Crippen molar-refractivity contribution in [2.45, 2.75) is 0 Å². The van der Waals surface area contributed by atoms with Gasteiger partial charge in [-0.25, -0.2) is 52.7 Å². The van der Waals surface area contributed by atoms with Gasteiger partial charge in [0.15, 0.2) is 23.3 Å². The molecule has 192 valence electrons. The minimum Gasteiger partial charge on any atom is -0.207 e. The third-order valence-corrected chi connectivity index (χ3v) is 5.95. The normalized spacial score (nSPS) is 11.8. The summed E-state index contributed by atoms with van der Waals surface area (Å²) in [6.45, 7) is 0. The summed E-state index contributed by atoms with van der Waals surface area (Å²) < 4.78 is 176. The molecule has 0 amide bonds. The predicted octanol–water partition coefficient (Wildman–Crippen LogP) is 4.73. The summed E-state index contributed by atoms with van der Waals surface area (Å²) in [6.07, 6.45) is -4.89. The van der Waals surface area contributed by atoms with E-state index in [1.54, 1.807) is 0 Å². The van der Waals surface area contributed by atoms with E-state index in [2.05, 4.69) is 0 Å². The molecule has 0 aliphatic rings. The molecule has 13 heteroatoms. The van der Waals surface area contributed by atoms with Crippen molar-refractivity contribution in [2.24, 2.45) is 0 Å². The van der Waals surface area contributed by atoms with Gasteiger partial charge in [-0.1, -0.05) is 24.3 Å². The zero-order valence-corrected chi connectivity index (χ0v) is 17.7. The maximum atomic E-state index is 15.3. The van der Waals surface area contributed by atoms with Gasteiger partial charge in [-0.05, 0) is 0 Å². The highest BCUT2D eigenvalue weighted by Gasteiger charge is 2.43. The Morgan fingerprint density at radius 1 is 0.297 bits per heavy atom. The molecule has 0 N–H and O–H groups in total. The van der Waals surface area contributed by atoms with Gasteiger partial charge < -0.3 is 0 Å². The summed E-state index contributed by atoms with van der Waals surface area (Å²) in [6, 6.07) is -0.451. The fraction of sp³-hybridized carbons (Fsp3) is 0. The van der Waals surface area contributed by atoms with Gasteiger partial charge in [0.2, 0.25) is 0 Å². The van der Waals surface area contributed by atoms with Crippen LogP contribution in [0.3, 0.4) is 0 Å². The molecule has 0 nitrogen and oxygen atoms in total. The van der Waals surface area contributed by atoms with E-state index in [4.69, 9.17) is 0 Å². The van der Waals surface area contributed by atoms with Crippen molar-refractivity contribution in [3.63, 3.8) is 0 Å². The highest BCUT2D eigenvalue weighted by atomic mass is 19.2. The molecule has 0 aliphatic carbocycles. The molecular weight excluding hydrogens is 527 g/mol. The molecule has 0 radical (unpaired) electrons. The van der Waals surface area contributed by atoms with E-state index in [1.165, 1.54) is 0 Å². The van der Waals surface area contributed by atoms with Crippen molar-refractivity contribution in [3.05, 3.63) is 118 Å². The van der Waals surface area contributed by atoms with Crippen LogP contribution >= 0.6 is 0 Å². The van der Waals surface area contributed by atoms with Crippen LogP contribution in [-0.2, 0) is 0 Å². The molecule has 0 aromatic heterocycles. The lowest BCUT2D eigenvalue weighted by atomic mass is 9.12. The van der Waals surface area contributed by atoms with Crippen molar-refractivity contribution in [2.75, 3.05) is 0 Å². The molecule has 4 aromatic carbocycles. The maximum absolute atomic E-state index is 15.3. The average molecular weight is 535 g/mol. The van der Waals surface area contributed by atoms with E-state index in [0.29, 0.717) is 0 Å². The highest BCUT2D eigenvalue weighted by molar-refractivity contribution is 7.20. The van der Waals surface area contributed by atoms with Crippen molar-refractivity contribution >= 4 is 28.0 Å². The van der Waals surface area contributed by atoms with Gasteiger partial charge in [0.05, 0.1) is 0 Å². The van der Waals surface area contributed by atoms with Crippen LogP contribution in [-0.4, -0.2) is 6.15 Å². The lowest BCUT2D eigenvalue weighted by molar-refractivity contribution is 0.494. The van der Waals surface area contributed by atoms with E-state index < -0.39 is 97.8 Å². The molecule has 0 spiro atoms. The number of rotatable bonds is 4. The second-order valence-electron chi connectivity index (χ2n) is 8.03. The zero-order valence-electron chi connectivity index (χ0n) is 17.7. The first-order chi connectivity index (χ1) is 17.3. The molecule has 0 saturated heterocycles. The lowest BCUT2D eigenvalue weighted by Crippen LogP contribution is -2.78. The van der Waals surface area contributed by atoms with Crippen molar-refractivity contribution in [3.8, 4) is 0 Å². The number of hydrogen-bond acceptors (Lipinski definition) is 0. The minimum absolute atomic E-state index is 0.0227. The Kier molecular flexibility index (Phi) is 6.51. The van der Waals surface area contributed by atoms with Gasteiger partial charge in [-0.3, -0.25) is 0 Å². The van der Waals surface area contributed by atoms with Crippen LogP contribution in [0, 0.1) is 69.8 Å². The third kappa shape index (κ3) is 4.11. The van der Waals surface area contributed by atoms with Crippen LogP contribution in [0.25, 0.3) is 0 Å². The Morgan fingerprint density at radius 3 is 0.676 bits per heavy atom.